The zero-order valence-electron chi connectivity index (χ0n) is 9.90. The summed E-state index contributed by atoms with van der Waals surface area (Å²) in [5.41, 5.74) is 1.73. The van der Waals surface area contributed by atoms with Gasteiger partial charge in [-0.1, -0.05) is 25.3 Å². The first-order valence-corrected chi connectivity index (χ1v) is 5.46. The van der Waals surface area contributed by atoms with Gasteiger partial charge in [-0.15, -0.1) is 0 Å². The van der Waals surface area contributed by atoms with Crippen molar-refractivity contribution < 1.29 is 4.74 Å². The minimum atomic E-state index is 0.0368. The molecule has 0 bridgehead atoms. The highest BCUT2D eigenvalue weighted by atomic mass is 16.5. The molecular formula is C14H15NO2. The Morgan fingerprint density at radius 2 is 2.00 bits per heavy atom. The number of hydrogen-bond acceptors (Lipinski definition) is 2. The molecule has 0 radical (unpaired) electrons. The van der Waals surface area contributed by atoms with Crippen molar-refractivity contribution in [3.05, 3.63) is 57.4 Å². The topological polar surface area (TPSA) is 31.2 Å². The fourth-order valence-corrected chi connectivity index (χ4v) is 2.08. The minimum Gasteiger partial charge on any atom is -0.355 e. The Balaban J connectivity index is 3.05. The monoisotopic (exact) mass is 229 g/mol. The van der Waals surface area contributed by atoms with Crippen LogP contribution in [-0.2, 0) is 18.1 Å². The molecule has 1 aliphatic rings. The summed E-state index contributed by atoms with van der Waals surface area (Å²) >= 11 is 0. The van der Waals surface area contributed by atoms with E-state index in [1.807, 2.05) is 17.6 Å². The molecule has 0 amide bonds. The number of fused-ring (bicyclic) bond motifs is 1. The van der Waals surface area contributed by atoms with Crippen LogP contribution in [0.3, 0.4) is 0 Å². The zero-order chi connectivity index (χ0) is 12.4. The van der Waals surface area contributed by atoms with Crippen LogP contribution in [0.2, 0.25) is 0 Å². The van der Waals surface area contributed by atoms with Crippen LogP contribution in [0.25, 0.3) is 12.2 Å². The highest BCUT2D eigenvalue weighted by Crippen LogP contribution is 2.09. The molecule has 0 aliphatic carbocycles. The molecule has 1 aliphatic heterocycles. The molecule has 1 aromatic rings. The van der Waals surface area contributed by atoms with Gasteiger partial charge >= 0.3 is 0 Å². The molecule has 0 aromatic carbocycles. The van der Waals surface area contributed by atoms with Crippen molar-refractivity contribution >= 4 is 12.2 Å². The van der Waals surface area contributed by atoms with Crippen LogP contribution in [0.1, 0.15) is 11.3 Å². The lowest BCUT2D eigenvalue weighted by Crippen LogP contribution is -2.46. The Morgan fingerprint density at radius 1 is 1.29 bits per heavy atom. The second kappa shape index (κ2) is 4.55. The van der Waals surface area contributed by atoms with Gasteiger partial charge in [0.2, 0.25) is 0 Å². The summed E-state index contributed by atoms with van der Waals surface area (Å²) in [6.45, 7) is 10.1. The minimum absolute atomic E-state index is 0.0368. The second-order valence-electron chi connectivity index (χ2n) is 3.91. The van der Waals surface area contributed by atoms with Gasteiger partial charge in [-0.3, -0.25) is 4.79 Å². The van der Waals surface area contributed by atoms with Crippen molar-refractivity contribution in [3.8, 4) is 0 Å². The summed E-state index contributed by atoms with van der Waals surface area (Å²) in [5.74, 6) is 0. The number of ether oxygens (including phenoxy) is 1. The van der Waals surface area contributed by atoms with E-state index in [9.17, 15) is 4.79 Å². The Bertz CT molecular complexity index is 650. The molecule has 0 saturated carbocycles. The quantitative estimate of drug-likeness (QED) is 0.742. The van der Waals surface area contributed by atoms with Crippen LogP contribution >= 0.6 is 0 Å². The number of rotatable bonds is 2. The SMILES string of the molecule is C=C/C=c1/c(=O)c(C)c2n(/c1=C/C=C)COC2. The molecule has 3 nitrogen and oxygen atoms in total. The predicted molar refractivity (Wildman–Crippen MR) is 68.8 cm³/mol. The van der Waals surface area contributed by atoms with Crippen LogP contribution in [0.5, 0.6) is 0 Å². The van der Waals surface area contributed by atoms with Gasteiger partial charge in [0.05, 0.1) is 17.6 Å². The molecular weight excluding hydrogens is 214 g/mol. The van der Waals surface area contributed by atoms with Crippen LogP contribution in [-0.4, -0.2) is 4.57 Å². The Morgan fingerprint density at radius 3 is 2.65 bits per heavy atom. The van der Waals surface area contributed by atoms with E-state index in [2.05, 4.69) is 13.2 Å². The lowest BCUT2D eigenvalue weighted by Gasteiger charge is -2.06. The fraction of sp³-hybridized carbons (Fsp3) is 0.214. The number of allylic oxidation sites excluding steroid dienone is 2. The third kappa shape index (κ3) is 1.78. The van der Waals surface area contributed by atoms with Crippen LogP contribution in [0.4, 0.5) is 0 Å². The summed E-state index contributed by atoms with van der Waals surface area (Å²) < 4.78 is 7.41. The first kappa shape index (κ1) is 11.6. The van der Waals surface area contributed by atoms with Crippen molar-refractivity contribution in [2.75, 3.05) is 0 Å². The van der Waals surface area contributed by atoms with Gasteiger partial charge in [0.1, 0.15) is 6.73 Å². The van der Waals surface area contributed by atoms with Crippen LogP contribution in [0.15, 0.2) is 30.1 Å². The van der Waals surface area contributed by atoms with Gasteiger partial charge < -0.3 is 9.30 Å². The maximum Gasteiger partial charge on any atom is 0.192 e. The molecule has 0 spiro atoms. The summed E-state index contributed by atoms with van der Waals surface area (Å²) in [6.07, 6.45) is 6.86. The molecule has 2 rings (SSSR count). The summed E-state index contributed by atoms with van der Waals surface area (Å²) in [7, 11) is 0. The van der Waals surface area contributed by atoms with Crippen molar-refractivity contribution in [2.45, 2.75) is 20.3 Å². The van der Waals surface area contributed by atoms with E-state index in [0.29, 0.717) is 18.6 Å². The van der Waals surface area contributed by atoms with Crippen LogP contribution in [0, 0.1) is 6.92 Å². The van der Waals surface area contributed by atoms with E-state index >= 15 is 0 Å². The number of aromatic nitrogens is 1. The summed E-state index contributed by atoms with van der Waals surface area (Å²) in [5, 5.41) is 1.48. The van der Waals surface area contributed by atoms with Gasteiger partial charge in [0, 0.05) is 10.8 Å². The summed E-state index contributed by atoms with van der Waals surface area (Å²) in [6, 6.07) is 0. The Hall–Kier alpha value is -1.87. The Labute approximate surface area is 99.7 Å². The number of nitrogens with zero attached hydrogens (tertiary/aromatic N) is 1. The van der Waals surface area contributed by atoms with Crippen molar-refractivity contribution in [1.82, 2.24) is 4.57 Å². The first-order valence-electron chi connectivity index (χ1n) is 5.46. The lowest BCUT2D eigenvalue weighted by molar-refractivity contribution is 0.108. The molecule has 0 unspecified atom stereocenters. The average Bonchev–Trinajstić information content (AvgIpc) is 2.79. The van der Waals surface area contributed by atoms with Crippen molar-refractivity contribution in [1.29, 1.82) is 0 Å². The molecule has 0 saturated heterocycles. The Kier molecular flexibility index (Phi) is 3.11. The maximum atomic E-state index is 12.2. The maximum absolute atomic E-state index is 12.2. The van der Waals surface area contributed by atoms with E-state index in [1.165, 1.54) is 0 Å². The molecule has 2 heterocycles. The molecule has 1 aromatic heterocycles. The lowest BCUT2D eigenvalue weighted by atomic mass is 10.1. The van der Waals surface area contributed by atoms with Gasteiger partial charge in [0.25, 0.3) is 0 Å². The smallest absolute Gasteiger partial charge is 0.192 e. The highest BCUT2D eigenvalue weighted by molar-refractivity contribution is 5.42. The molecule has 17 heavy (non-hydrogen) atoms. The molecule has 88 valence electrons. The standard InChI is InChI=1S/C14H15NO2/c1-4-6-11-12(7-5-2)15-9-17-8-13(15)10(3)14(11)16/h4-7H,1-2,8-9H2,3H3/b11-6+,12-7+. The van der Waals surface area contributed by atoms with Crippen LogP contribution < -0.4 is 16.0 Å². The molecule has 0 N–H and O–H groups in total. The normalized spacial score (nSPS) is 16.1. The molecule has 3 heteroatoms. The first-order chi connectivity index (χ1) is 8.20. The van der Waals surface area contributed by atoms with Gasteiger partial charge in [-0.2, -0.15) is 0 Å². The van der Waals surface area contributed by atoms with E-state index in [-0.39, 0.29) is 5.43 Å². The third-order valence-corrected chi connectivity index (χ3v) is 2.93. The van der Waals surface area contributed by atoms with Gasteiger partial charge in [-0.05, 0) is 19.1 Å². The molecule has 0 fully saturated rings. The van der Waals surface area contributed by atoms with Gasteiger partial charge in [-0.25, -0.2) is 0 Å². The fourth-order valence-electron chi connectivity index (χ4n) is 2.08. The van der Waals surface area contributed by atoms with Crippen molar-refractivity contribution in [2.24, 2.45) is 0 Å². The van der Waals surface area contributed by atoms with Gasteiger partial charge in [0.15, 0.2) is 5.43 Å². The number of pyridine rings is 1. The van der Waals surface area contributed by atoms with E-state index in [0.717, 1.165) is 16.6 Å². The third-order valence-electron chi connectivity index (χ3n) is 2.93. The summed E-state index contributed by atoms with van der Waals surface area (Å²) in [4.78, 5) is 12.2. The predicted octanol–water partition coefficient (Wildman–Crippen LogP) is 0.577. The average molecular weight is 229 g/mol. The van der Waals surface area contributed by atoms with E-state index in [4.69, 9.17) is 4.74 Å². The van der Waals surface area contributed by atoms with Crippen molar-refractivity contribution in [3.63, 3.8) is 0 Å². The molecule has 0 atom stereocenters. The van der Waals surface area contributed by atoms with E-state index in [1.54, 1.807) is 18.2 Å². The van der Waals surface area contributed by atoms with E-state index < -0.39 is 0 Å². The zero-order valence-corrected chi connectivity index (χ0v) is 9.90. The largest absolute Gasteiger partial charge is 0.355 e. The highest BCUT2D eigenvalue weighted by Gasteiger charge is 2.16. The second-order valence-corrected chi connectivity index (χ2v) is 3.91. The number of hydrogen-bond donors (Lipinski definition) is 0.